The number of ether oxygens (including phenoxy) is 2. The van der Waals surface area contributed by atoms with Crippen molar-refractivity contribution in [2.24, 2.45) is 0 Å². The fourth-order valence-electron chi connectivity index (χ4n) is 2.81. The molecule has 0 radical (unpaired) electrons. The molecule has 0 fully saturated rings. The van der Waals surface area contributed by atoms with Gasteiger partial charge in [-0.25, -0.2) is 4.98 Å². The van der Waals surface area contributed by atoms with Gasteiger partial charge in [-0.05, 0) is 30.3 Å². The summed E-state index contributed by atoms with van der Waals surface area (Å²) in [5.41, 5.74) is -0.343. The number of hydrogen-bond acceptors (Lipinski definition) is 5. The van der Waals surface area contributed by atoms with Crippen LogP contribution in [0.4, 0.5) is 18.9 Å². The highest BCUT2D eigenvalue weighted by molar-refractivity contribution is 7.99. The van der Waals surface area contributed by atoms with Crippen molar-refractivity contribution in [3.05, 3.63) is 52.0 Å². The summed E-state index contributed by atoms with van der Waals surface area (Å²) in [6.45, 7) is -0.0660. The van der Waals surface area contributed by atoms with Crippen molar-refractivity contribution in [3.8, 4) is 11.5 Å². The predicted octanol–water partition coefficient (Wildman–Crippen LogP) is 6.02. The molecule has 1 aromatic heterocycles. The summed E-state index contributed by atoms with van der Waals surface area (Å²) in [4.78, 5) is 16.4. The van der Waals surface area contributed by atoms with Crippen LogP contribution in [0.1, 0.15) is 5.56 Å². The number of nitrogens with one attached hydrogen (secondary N) is 1. The fraction of sp³-hybridized carbons (Fsp3) is 0.158. The zero-order valence-electron chi connectivity index (χ0n) is 14.8. The Hall–Kier alpha value is -2.36. The van der Waals surface area contributed by atoms with E-state index >= 15 is 0 Å². The van der Waals surface area contributed by atoms with Crippen LogP contribution in [0.3, 0.4) is 0 Å². The van der Waals surface area contributed by atoms with Gasteiger partial charge >= 0.3 is 6.18 Å². The molecule has 30 heavy (non-hydrogen) atoms. The highest BCUT2D eigenvalue weighted by Gasteiger charge is 2.34. The van der Waals surface area contributed by atoms with E-state index in [0.717, 1.165) is 17.8 Å². The summed E-state index contributed by atoms with van der Waals surface area (Å²) >= 11 is 12.6. The second kappa shape index (κ2) is 8.05. The van der Waals surface area contributed by atoms with Gasteiger partial charge in [-0.1, -0.05) is 35.0 Å². The van der Waals surface area contributed by atoms with Crippen molar-refractivity contribution in [2.45, 2.75) is 11.2 Å². The Morgan fingerprint density at radius 2 is 1.83 bits per heavy atom. The van der Waals surface area contributed by atoms with E-state index in [-0.39, 0.29) is 39.2 Å². The maximum atomic E-state index is 13.6. The van der Waals surface area contributed by atoms with Gasteiger partial charge in [0.15, 0.2) is 11.5 Å². The van der Waals surface area contributed by atoms with Crippen LogP contribution in [0.2, 0.25) is 10.0 Å². The molecule has 1 aliphatic heterocycles. The number of nitrogens with zero attached hydrogens (tertiary/aromatic N) is 1. The number of pyridine rings is 1. The van der Waals surface area contributed by atoms with Gasteiger partial charge in [0.25, 0.3) is 0 Å². The number of hydrogen-bond donors (Lipinski definition) is 1. The molecule has 0 unspecified atom stereocenters. The SMILES string of the molecule is O=C(CSc1cc(C(F)(F)F)c2cc3c(cc2n1)OCO3)Nc1ccc(Cl)c(Cl)c1. The molecule has 5 nitrogen and oxygen atoms in total. The second-order valence-electron chi connectivity index (χ2n) is 6.19. The summed E-state index contributed by atoms with van der Waals surface area (Å²) < 4.78 is 51.2. The average Bonchev–Trinajstić information content (AvgIpc) is 3.13. The number of fused-ring (bicyclic) bond motifs is 2. The molecule has 1 aliphatic rings. The van der Waals surface area contributed by atoms with Gasteiger partial charge in [0.05, 0.1) is 31.9 Å². The zero-order chi connectivity index (χ0) is 21.5. The number of anilines is 1. The summed E-state index contributed by atoms with van der Waals surface area (Å²) in [5, 5.41) is 3.17. The van der Waals surface area contributed by atoms with E-state index in [2.05, 4.69) is 10.3 Å². The molecule has 0 saturated heterocycles. The second-order valence-corrected chi connectivity index (χ2v) is 8.00. The van der Waals surface area contributed by atoms with Crippen LogP contribution in [-0.4, -0.2) is 23.4 Å². The normalized spacial score (nSPS) is 13.0. The first kappa shape index (κ1) is 20.9. The molecule has 0 spiro atoms. The van der Waals surface area contributed by atoms with Crippen LogP contribution in [0, 0.1) is 0 Å². The van der Waals surface area contributed by atoms with Gasteiger partial charge in [-0.2, -0.15) is 13.2 Å². The predicted molar refractivity (Wildman–Crippen MR) is 109 cm³/mol. The quantitative estimate of drug-likeness (QED) is 0.468. The summed E-state index contributed by atoms with van der Waals surface area (Å²) in [5.74, 6) is -0.0287. The molecule has 0 bridgehead atoms. The van der Waals surface area contributed by atoms with Crippen LogP contribution >= 0.6 is 35.0 Å². The van der Waals surface area contributed by atoms with E-state index in [1.54, 1.807) is 6.07 Å². The first-order chi connectivity index (χ1) is 14.2. The lowest BCUT2D eigenvalue weighted by molar-refractivity contribution is -0.136. The monoisotopic (exact) mass is 474 g/mol. The lowest BCUT2D eigenvalue weighted by atomic mass is 10.1. The smallest absolute Gasteiger partial charge is 0.417 e. The molecule has 0 saturated carbocycles. The van der Waals surface area contributed by atoms with Crippen molar-refractivity contribution in [1.29, 1.82) is 0 Å². The van der Waals surface area contributed by atoms with Gasteiger partial charge in [-0.3, -0.25) is 4.79 Å². The zero-order valence-corrected chi connectivity index (χ0v) is 17.2. The number of alkyl halides is 3. The molecule has 11 heteroatoms. The Bertz CT molecular complexity index is 1160. The van der Waals surface area contributed by atoms with Crippen molar-refractivity contribution in [3.63, 3.8) is 0 Å². The van der Waals surface area contributed by atoms with Gasteiger partial charge in [0.1, 0.15) is 0 Å². The van der Waals surface area contributed by atoms with Gasteiger partial charge < -0.3 is 14.8 Å². The molecule has 0 aliphatic carbocycles. The maximum Gasteiger partial charge on any atom is 0.417 e. The first-order valence-electron chi connectivity index (χ1n) is 8.40. The number of halogens is 5. The molecule has 1 N–H and O–H groups in total. The largest absolute Gasteiger partial charge is 0.454 e. The minimum atomic E-state index is -4.60. The number of aromatic nitrogens is 1. The van der Waals surface area contributed by atoms with E-state index < -0.39 is 17.6 Å². The maximum absolute atomic E-state index is 13.6. The third-order valence-corrected chi connectivity index (χ3v) is 5.79. The Kier molecular flexibility index (Phi) is 5.61. The Morgan fingerprint density at radius 1 is 1.10 bits per heavy atom. The fourth-order valence-corrected chi connectivity index (χ4v) is 3.82. The molecule has 4 rings (SSSR count). The van der Waals surface area contributed by atoms with Crippen molar-refractivity contribution < 1.29 is 27.4 Å². The van der Waals surface area contributed by atoms with E-state index in [1.165, 1.54) is 24.3 Å². The minimum Gasteiger partial charge on any atom is -0.454 e. The van der Waals surface area contributed by atoms with Crippen molar-refractivity contribution in [1.82, 2.24) is 4.98 Å². The molecule has 2 aromatic carbocycles. The third-order valence-electron chi connectivity index (χ3n) is 4.14. The van der Waals surface area contributed by atoms with Crippen molar-refractivity contribution in [2.75, 3.05) is 17.9 Å². The van der Waals surface area contributed by atoms with Crippen molar-refractivity contribution >= 4 is 57.5 Å². The van der Waals surface area contributed by atoms with Crippen LogP contribution in [0.5, 0.6) is 11.5 Å². The standard InChI is InChI=1S/C19H11Cl2F3N2O3S/c20-12-2-1-9(3-13(12)21)25-17(27)7-30-18-5-11(19(22,23)24)10-4-15-16(29-8-28-15)6-14(10)26-18/h1-6H,7-8H2,(H,25,27). The summed E-state index contributed by atoms with van der Waals surface area (Å²) in [7, 11) is 0. The van der Waals surface area contributed by atoms with E-state index in [9.17, 15) is 18.0 Å². The van der Waals surface area contributed by atoms with Crippen LogP contribution in [-0.2, 0) is 11.0 Å². The molecule has 0 atom stereocenters. The van der Waals surface area contributed by atoms with E-state index in [4.69, 9.17) is 32.7 Å². The molecular formula is C19H11Cl2F3N2O3S. The highest BCUT2D eigenvalue weighted by Crippen LogP contribution is 2.42. The van der Waals surface area contributed by atoms with Crippen LogP contribution < -0.4 is 14.8 Å². The minimum absolute atomic E-state index is 0.0537. The lowest BCUT2D eigenvalue weighted by Gasteiger charge is -2.13. The third kappa shape index (κ3) is 4.38. The summed E-state index contributed by atoms with van der Waals surface area (Å²) in [6, 6.07) is 8.14. The molecule has 3 aromatic rings. The molecule has 1 amide bonds. The number of rotatable bonds is 4. The van der Waals surface area contributed by atoms with Gasteiger partial charge in [0, 0.05) is 17.1 Å². The average molecular weight is 475 g/mol. The number of carbonyl (C=O) groups is 1. The van der Waals surface area contributed by atoms with Gasteiger partial charge in [0.2, 0.25) is 12.7 Å². The number of amides is 1. The van der Waals surface area contributed by atoms with E-state index in [0.29, 0.717) is 16.5 Å². The molecular weight excluding hydrogens is 464 g/mol. The Labute approximate surface area is 182 Å². The number of carbonyl (C=O) groups excluding carboxylic acids is 1. The van der Waals surface area contributed by atoms with Gasteiger partial charge in [-0.15, -0.1) is 0 Å². The number of benzene rings is 2. The lowest BCUT2D eigenvalue weighted by Crippen LogP contribution is -2.14. The van der Waals surface area contributed by atoms with E-state index in [1.807, 2.05) is 0 Å². The number of thioether (sulfide) groups is 1. The Morgan fingerprint density at radius 3 is 2.53 bits per heavy atom. The van der Waals surface area contributed by atoms with Crippen LogP contribution in [0.15, 0.2) is 41.4 Å². The topological polar surface area (TPSA) is 60.5 Å². The molecule has 156 valence electrons. The Balaban J connectivity index is 1.57. The summed E-state index contributed by atoms with van der Waals surface area (Å²) in [6.07, 6.45) is -4.60. The highest BCUT2D eigenvalue weighted by atomic mass is 35.5. The van der Waals surface area contributed by atoms with Crippen LogP contribution in [0.25, 0.3) is 10.9 Å². The molecule has 2 heterocycles. The first-order valence-corrected chi connectivity index (χ1v) is 10.1.